The standard InChI is InChI=1S/C18H25N5O/c1-2-7-19-15(5-1)16-12-17-20-14-6-3-4-13(14)18(23(17)21-16)22-8-10-24-11-9-22/h12,15,19H,1-11H2. The highest BCUT2D eigenvalue weighted by Crippen LogP contribution is 2.33. The van der Waals surface area contributed by atoms with E-state index in [0.29, 0.717) is 6.04 Å². The molecule has 2 aromatic heterocycles. The SMILES string of the molecule is c1c(C2CCCCN2)nn2c(N3CCOCC3)c3c(nc12)CCC3. The van der Waals surface area contributed by atoms with Gasteiger partial charge < -0.3 is 15.0 Å². The highest BCUT2D eigenvalue weighted by molar-refractivity contribution is 5.59. The number of ether oxygens (including phenoxy) is 1. The van der Waals surface area contributed by atoms with Crippen LogP contribution >= 0.6 is 0 Å². The lowest BCUT2D eigenvalue weighted by Crippen LogP contribution is -2.38. The van der Waals surface area contributed by atoms with Gasteiger partial charge in [-0.2, -0.15) is 9.61 Å². The van der Waals surface area contributed by atoms with E-state index >= 15 is 0 Å². The molecule has 2 aliphatic heterocycles. The Kier molecular flexibility index (Phi) is 3.67. The molecule has 128 valence electrons. The van der Waals surface area contributed by atoms with Crippen molar-refractivity contribution in [1.82, 2.24) is 19.9 Å². The molecule has 4 heterocycles. The Morgan fingerprint density at radius 2 is 2.04 bits per heavy atom. The quantitative estimate of drug-likeness (QED) is 0.912. The van der Waals surface area contributed by atoms with Crippen LogP contribution < -0.4 is 10.2 Å². The molecule has 0 radical (unpaired) electrons. The molecule has 3 aliphatic rings. The monoisotopic (exact) mass is 327 g/mol. The molecule has 6 nitrogen and oxygen atoms in total. The third kappa shape index (κ3) is 2.40. The van der Waals surface area contributed by atoms with Gasteiger partial charge in [-0.25, -0.2) is 4.98 Å². The van der Waals surface area contributed by atoms with Crippen molar-refractivity contribution >= 4 is 11.5 Å². The van der Waals surface area contributed by atoms with Crippen molar-refractivity contribution in [3.63, 3.8) is 0 Å². The molecule has 0 bridgehead atoms. The minimum absolute atomic E-state index is 0.382. The number of aromatic nitrogens is 3. The van der Waals surface area contributed by atoms with Gasteiger partial charge in [-0.05, 0) is 38.6 Å². The van der Waals surface area contributed by atoms with Crippen LogP contribution in [-0.2, 0) is 17.6 Å². The van der Waals surface area contributed by atoms with Gasteiger partial charge in [-0.1, -0.05) is 6.42 Å². The molecular formula is C18H25N5O. The minimum Gasteiger partial charge on any atom is -0.378 e. The second-order valence-corrected chi connectivity index (χ2v) is 7.16. The van der Waals surface area contributed by atoms with E-state index in [4.69, 9.17) is 14.8 Å². The average molecular weight is 327 g/mol. The van der Waals surface area contributed by atoms with Gasteiger partial charge in [0.05, 0.1) is 24.9 Å². The summed E-state index contributed by atoms with van der Waals surface area (Å²) in [4.78, 5) is 7.39. The lowest BCUT2D eigenvalue weighted by Gasteiger charge is -2.30. The number of hydrogen-bond donors (Lipinski definition) is 1. The summed E-state index contributed by atoms with van der Waals surface area (Å²) in [6.07, 6.45) is 7.18. The highest BCUT2D eigenvalue weighted by atomic mass is 16.5. The summed E-state index contributed by atoms with van der Waals surface area (Å²) in [5, 5.41) is 8.61. The molecule has 1 N–H and O–H groups in total. The molecule has 1 atom stereocenters. The van der Waals surface area contributed by atoms with Crippen molar-refractivity contribution in [3.8, 4) is 0 Å². The summed E-state index contributed by atoms with van der Waals surface area (Å²) < 4.78 is 7.67. The summed E-state index contributed by atoms with van der Waals surface area (Å²) in [7, 11) is 0. The van der Waals surface area contributed by atoms with Crippen molar-refractivity contribution in [2.24, 2.45) is 0 Å². The maximum atomic E-state index is 5.56. The van der Waals surface area contributed by atoms with E-state index in [-0.39, 0.29) is 0 Å². The van der Waals surface area contributed by atoms with Crippen LogP contribution in [0.3, 0.4) is 0 Å². The van der Waals surface area contributed by atoms with Crippen molar-refractivity contribution in [3.05, 3.63) is 23.0 Å². The molecule has 1 aliphatic carbocycles. The molecule has 2 aromatic rings. The van der Waals surface area contributed by atoms with Crippen molar-refractivity contribution in [2.45, 2.75) is 44.6 Å². The minimum atomic E-state index is 0.382. The van der Waals surface area contributed by atoms with Crippen LogP contribution in [0.4, 0.5) is 5.82 Å². The Hall–Kier alpha value is -1.66. The Labute approximate surface area is 142 Å². The lowest BCUT2D eigenvalue weighted by atomic mass is 10.0. The summed E-state index contributed by atoms with van der Waals surface area (Å²) in [6.45, 7) is 4.59. The first-order chi connectivity index (χ1) is 11.9. The third-order valence-electron chi connectivity index (χ3n) is 5.60. The smallest absolute Gasteiger partial charge is 0.157 e. The first-order valence-electron chi connectivity index (χ1n) is 9.38. The predicted octanol–water partition coefficient (Wildman–Crippen LogP) is 1.87. The average Bonchev–Trinajstić information content (AvgIpc) is 3.27. The van der Waals surface area contributed by atoms with Gasteiger partial charge >= 0.3 is 0 Å². The topological polar surface area (TPSA) is 54.7 Å². The maximum Gasteiger partial charge on any atom is 0.157 e. The number of rotatable bonds is 2. The molecule has 5 rings (SSSR count). The molecule has 6 heteroatoms. The van der Waals surface area contributed by atoms with Gasteiger partial charge in [-0.3, -0.25) is 0 Å². The molecule has 2 saturated heterocycles. The lowest BCUT2D eigenvalue weighted by molar-refractivity contribution is 0.122. The van der Waals surface area contributed by atoms with E-state index in [0.717, 1.165) is 57.0 Å². The number of fused-ring (bicyclic) bond motifs is 2. The third-order valence-corrected chi connectivity index (χ3v) is 5.60. The van der Waals surface area contributed by atoms with E-state index < -0.39 is 0 Å². The van der Waals surface area contributed by atoms with E-state index in [1.165, 1.54) is 42.8 Å². The Balaban J connectivity index is 1.62. The molecule has 0 saturated carbocycles. The van der Waals surface area contributed by atoms with Gasteiger partial charge in [0.25, 0.3) is 0 Å². The zero-order valence-electron chi connectivity index (χ0n) is 14.1. The predicted molar refractivity (Wildman–Crippen MR) is 92.6 cm³/mol. The number of anilines is 1. The van der Waals surface area contributed by atoms with Crippen LogP contribution in [0.2, 0.25) is 0 Å². The number of hydrogen-bond acceptors (Lipinski definition) is 5. The van der Waals surface area contributed by atoms with E-state index in [2.05, 4.69) is 20.8 Å². The van der Waals surface area contributed by atoms with Crippen LogP contribution in [0.5, 0.6) is 0 Å². The maximum absolute atomic E-state index is 5.56. The Bertz CT molecular complexity index is 743. The van der Waals surface area contributed by atoms with Crippen LogP contribution in [0.25, 0.3) is 5.65 Å². The summed E-state index contributed by atoms with van der Waals surface area (Å²) in [5.74, 6) is 1.28. The zero-order valence-corrected chi connectivity index (χ0v) is 14.1. The number of nitrogens with one attached hydrogen (secondary N) is 1. The fourth-order valence-electron chi connectivity index (χ4n) is 4.36. The summed E-state index contributed by atoms with van der Waals surface area (Å²) in [5.41, 5.74) is 4.86. The van der Waals surface area contributed by atoms with Gasteiger partial charge in [0.1, 0.15) is 5.82 Å². The van der Waals surface area contributed by atoms with Crippen LogP contribution in [-0.4, -0.2) is 47.4 Å². The number of piperidine rings is 1. The van der Waals surface area contributed by atoms with Crippen molar-refractivity contribution in [1.29, 1.82) is 0 Å². The first kappa shape index (κ1) is 14.7. The van der Waals surface area contributed by atoms with Crippen LogP contribution in [0.15, 0.2) is 6.07 Å². The summed E-state index contributed by atoms with van der Waals surface area (Å²) in [6, 6.07) is 2.58. The van der Waals surface area contributed by atoms with E-state index in [1.807, 2.05) is 0 Å². The van der Waals surface area contributed by atoms with Crippen LogP contribution in [0.1, 0.15) is 48.7 Å². The number of nitrogens with zero attached hydrogens (tertiary/aromatic N) is 4. The first-order valence-corrected chi connectivity index (χ1v) is 9.38. The molecule has 2 fully saturated rings. The highest BCUT2D eigenvalue weighted by Gasteiger charge is 2.27. The van der Waals surface area contributed by atoms with E-state index in [1.54, 1.807) is 0 Å². The van der Waals surface area contributed by atoms with Crippen LogP contribution in [0, 0.1) is 0 Å². The van der Waals surface area contributed by atoms with Crippen molar-refractivity contribution < 1.29 is 4.74 Å². The normalized spacial score (nSPS) is 24.5. The fourth-order valence-corrected chi connectivity index (χ4v) is 4.36. The molecule has 1 unspecified atom stereocenters. The van der Waals surface area contributed by atoms with Gasteiger partial charge in [0.15, 0.2) is 5.65 Å². The Morgan fingerprint density at radius 1 is 1.12 bits per heavy atom. The number of aryl methyl sites for hydroxylation is 1. The largest absolute Gasteiger partial charge is 0.378 e. The molecular weight excluding hydrogens is 302 g/mol. The second-order valence-electron chi connectivity index (χ2n) is 7.16. The summed E-state index contributed by atoms with van der Waals surface area (Å²) >= 11 is 0. The van der Waals surface area contributed by atoms with Crippen molar-refractivity contribution in [2.75, 3.05) is 37.7 Å². The Morgan fingerprint density at radius 3 is 2.88 bits per heavy atom. The zero-order chi connectivity index (χ0) is 15.9. The molecule has 0 aromatic carbocycles. The molecule has 24 heavy (non-hydrogen) atoms. The van der Waals surface area contributed by atoms with Gasteiger partial charge in [-0.15, -0.1) is 0 Å². The van der Waals surface area contributed by atoms with E-state index in [9.17, 15) is 0 Å². The second kappa shape index (κ2) is 6.01. The van der Waals surface area contributed by atoms with Gasteiger partial charge in [0.2, 0.25) is 0 Å². The molecule has 0 spiro atoms. The number of morpholine rings is 1. The van der Waals surface area contributed by atoms with Gasteiger partial charge in [0, 0.05) is 30.4 Å². The molecule has 0 amide bonds. The fraction of sp³-hybridized carbons (Fsp3) is 0.667.